The van der Waals surface area contributed by atoms with Crippen molar-refractivity contribution in [3.63, 3.8) is 0 Å². The van der Waals surface area contributed by atoms with Gasteiger partial charge in [0.25, 0.3) is 0 Å². The third-order valence-electron chi connectivity index (χ3n) is 2.70. The number of nitro groups is 1. The number of halogens is 1. The van der Waals surface area contributed by atoms with Gasteiger partial charge in [0.2, 0.25) is 11.8 Å². The summed E-state index contributed by atoms with van der Waals surface area (Å²) in [4.78, 5) is 19.1. The smallest absolute Gasteiger partial charge is 0.332 e. The zero-order valence-corrected chi connectivity index (χ0v) is 13.7. The number of hydrogen-bond acceptors (Lipinski definition) is 6. The zero-order chi connectivity index (χ0) is 15.4. The number of anilines is 3. The Labute approximate surface area is 135 Å². The van der Waals surface area contributed by atoms with E-state index in [2.05, 4.69) is 43.2 Å². The van der Waals surface area contributed by atoms with Crippen LogP contribution in [-0.2, 0) is 0 Å². The highest BCUT2D eigenvalue weighted by Gasteiger charge is 2.22. The van der Waals surface area contributed by atoms with Crippen LogP contribution in [0.4, 0.5) is 23.1 Å². The molecule has 2 N–H and O–H groups in total. The molecule has 0 aliphatic carbocycles. The summed E-state index contributed by atoms with van der Waals surface area (Å²) in [6, 6.07) is 7.51. The van der Waals surface area contributed by atoms with Gasteiger partial charge < -0.3 is 10.6 Å². The highest BCUT2D eigenvalue weighted by Crippen LogP contribution is 2.30. The van der Waals surface area contributed by atoms with Crippen LogP contribution in [0.15, 0.2) is 24.3 Å². The molecule has 0 amide bonds. The number of para-hydroxylation sites is 1. The lowest BCUT2D eigenvalue weighted by Crippen LogP contribution is -2.09. The van der Waals surface area contributed by atoms with Crippen molar-refractivity contribution < 1.29 is 4.92 Å². The van der Waals surface area contributed by atoms with Gasteiger partial charge in [0.05, 0.1) is 10.6 Å². The lowest BCUT2D eigenvalue weighted by Gasteiger charge is -2.11. The van der Waals surface area contributed by atoms with Gasteiger partial charge in [-0.3, -0.25) is 10.1 Å². The maximum Gasteiger partial charge on any atom is 0.332 e. The third kappa shape index (κ3) is 3.57. The van der Waals surface area contributed by atoms with E-state index in [9.17, 15) is 10.1 Å². The van der Waals surface area contributed by atoms with Gasteiger partial charge in [-0.1, -0.05) is 12.1 Å². The van der Waals surface area contributed by atoms with Crippen molar-refractivity contribution in [1.82, 2.24) is 9.97 Å². The van der Waals surface area contributed by atoms with Crippen LogP contribution in [0.3, 0.4) is 0 Å². The molecule has 1 heterocycles. The number of aromatic nitrogens is 2. The summed E-state index contributed by atoms with van der Waals surface area (Å²) < 4.78 is 0.950. The van der Waals surface area contributed by atoms with Crippen LogP contribution in [0.2, 0.25) is 0 Å². The summed E-state index contributed by atoms with van der Waals surface area (Å²) in [5.41, 5.74) is 0.970. The van der Waals surface area contributed by atoms with Crippen LogP contribution in [-0.4, -0.2) is 21.4 Å². The van der Waals surface area contributed by atoms with E-state index in [0.717, 1.165) is 9.26 Å². The maximum absolute atomic E-state index is 11.3. The molecular formula is C13H14IN5O2. The van der Waals surface area contributed by atoms with Crippen LogP contribution >= 0.6 is 22.6 Å². The summed E-state index contributed by atoms with van der Waals surface area (Å²) in [7, 11) is 0. The lowest BCUT2D eigenvalue weighted by atomic mass is 10.3. The van der Waals surface area contributed by atoms with Crippen molar-refractivity contribution in [2.24, 2.45) is 0 Å². The Morgan fingerprint density at radius 2 is 2.05 bits per heavy atom. The van der Waals surface area contributed by atoms with E-state index in [4.69, 9.17) is 0 Å². The molecule has 0 unspecified atom stereocenters. The Morgan fingerprint density at radius 1 is 1.33 bits per heavy atom. The first-order valence-corrected chi connectivity index (χ1v) is 7.39. The quantitative estimate of drug-likeness (QED) is 0.455. The third-order valence-corrected chi connectivity index (χ3v) is 3.64. The van der Waals surface area contributed by atoms with Crippen molar-refractivity contribution in [3.8, 4) is 0 Å². The summed E-state index contributed by atoms with van der Waals surface area (Å²) >= 11 is 2.16. The molecule has 8 heteroatoms. The first kappa shape index (κ1) is 15.4. The van der Waals surface area contributed by atoms with Crippen LogP contribution in [0.5, 0.6) is 0 Å². The topological polar surface area (TPSA) is 93.0 Å². The van der Waals surface area contributed by atoms with E-state index >= 15 is 0 Å². The minimum absolute atomic E-state index is 0.115. The van der Waals surface area contributed by atoms with Crippen molar-refractivity contribution in [1.29, 1.82) is 0 Å². The normalized spacial score (nSPS) is 10.2. The van der Waals surface area contributed by atoms with Gasteiger partial charge in [-0.05, 0) is 48.6 Å². The monoisotopic (exact) mass is 399 g/mol. The van der Waals surface area contributed by atoms with Gasteiger partial charge in [0, 0.05) is 10.1 Å². The van der Waals surface area contributed by atoms with Crippen LogP contribution in [0.1, 0.15) is 12.6 Å². The van der Waals surface area contributed by atoms with Gasteiger partial charge in [0.15, 0.2) is 0 Å². The molecule has 0 spiro atoms. The first-order valence-electron chi connectivity index (χ1n) is 6.31. The predicted molar refractivity (Wildman–Crippen MR) is 90.0 cm³/mol. The average Bonchev–Trinajstić information content (AvgIpc) is 2.41. The SMILES string of the molecule is CCNc1nc(C)c([N+](=O)[O-])c(Nc2ccccc2I)n1. The van der Waals surface area contributed by atoms with Gasteiger partial charge in [-0.2, -0.15) is 4.98 Å². The number of nitrogens with one attached hydrogen (secondary N) is 2. The molecule has 21 heavy (non-hydrogen) atoms. The molecule has 2 rings (SSSR count). The molecule has 0 bridgehead atoms. The number of benzene rings is 1. The van der Waals surface area contributed by atoms with E-state index in [-0.39, 0.29) is 11.5 Å². The second kappa shape index (κ2) is 6.66. The predicted octanol–water partition coefficient (Wildman–Crippen LogP) is 3.47. The fourth-order valence-electron chi connectivity index (χ4n) is 1.80. The summed E-state index contributed by atoms with van der Waals surface area (Å²) in [6.07, 6.45) is 0. The zero-order valence-electron chi connectivity index (χ0n) is 11.6. The van der Waals surface area contributed by atoms with Crippen molar-refractivity contribution in [2.45, 2.75) is 13.8 Å². The molecule has 0 radical (unpaired) electrons. The van der Waals surface area contributed by atoms with Gasteiger partial charge in [-0.25, -0.2) is 4.98 Å². The van der Waals surface area contributed by atoms with E-state index in [0.29, 0.717) is 18.2 Å². The van der Waals surface area contributed by atoms with Gasteiger partial charge in [-0.15, -0.1) is 0 Å². The van der Waals surface area contributed by atoms with Crippen molar-refractivity contribution >= 4 is 45.7 Å². The fourth-order valence-corrected chi connectivity index (χ4v) is 2.32. The van der Waals surface area contributed by atoms with E-state index in [1.807, 2.05) is 31.2 Å². The largest absolute Gasteiger partial charge is 0.354 e. The number of aryl methyl sites for hydroxylation is 1. The number of nitrogens with zero attached hydrogens (tertiary/aromatic N) is 3. The molecule has 0 atom stereocenters. The Balaban J connectivity index is 2.49. The fraction of sp³-hybridized carbons (Fsp3) is 0.231. The van der Waals surface area contributed by atoms with Crippen LogP contribution < -0.4 is 10.6 Å². The molecule has 1 aromatic heterocycles. The number of rotatable bonds is 5. The summed E-state index contributed by atoms with van der Waals surface area (Å²) in [5, 5.41) is 17.2. The highest BCUT2D eigenvalue weighted by molar-refractivity contribution is 14.1. The number of hydrogen-bond donors (Lipinski definition) is 2. The minimum atomic E-state index is -0.469. The van der Waals surface area contributed by atoms with Crippen molar-refractivity contribution in [3.05, 3.63) is 43.6 Å². The molecule has 0 aliphatic heterocycles. The molecule has 0 saturated carbocycles. The van der Waals surface area contributed by atoms with Gasteiger partial charge in [0.1, 0.15) is 5.69 Å². The second-order valence-corrected chi connectivity index (χ2v) is 5.38. The second-order valence-electron chi connectivity index (χ2n) is 4.22. The highest BCUT2D eigenvalue weighted by atomic mass is 127. The Morgan fingerprint density at radius 3 is 2.67 bits per heavy atom. The molecule has 0 aliphatic rings. The minimum Gasteiger partial charge on any atom is -0.354 e. The summed E-state index contributed by atoms with van der Waals surface area (Å²) in [6.45, 7) is 4.15. The van der Waals surface area contributed by atoms with Gasteiger partial charge >= 0.3 is 5.69 Å². The van der Waals surface area contributed by atoms with Crippen molar-refractivity contribution in [2.75, 3.05) is 17.2 Å². The Kier molecular flexibility index (Phi) is 4.89. The van der Waals surface area contributed by atoms with E-state index < -0.39 is 4.92 Å². The maximum atomic E-state index is 11.3. The molecule has 7 nitrogen and oxygen atoms in total. The average molecular weight is 399 g/mol. The first-order chi connectivity index (χ1) is 10.0. The summed E-state index contributed by atoms with van der Waals surface area (Å²) in [5.74, 6) is 0.557. The lowest BCUT2D eigenvalue weighted by molar-refractivity contribution is -0.385. The van der Waals surface area contributed by atoms with E-state index in [1.165, 1.54) is 0 Å². The Hall–Kier alpha value is -1.97. The standard InChI is InChI=1S/C13H14IN5O2/c1-3-15-13-16-8(2)11(19(20)21)12(18-13)17-10-7-5-4-6-9(10)14/h4-7H,3H2,1-2H3,(H2,15,16,17,18). The van der Waals surface area contributed by atoms with Crippen LogP contribution in [0, 0.1) is 20.6 Å². The molecular weight excluding hydrogens is 385 g/mol. The molecule has 1 aromatic carbocycles. The molecule has 110 valence electrons. The van der Waals surface area contributed by atoms with Crippen LogP contribution in [0.25, 0.3) is 0 Å². The van der Waals surface area contributed by atoms with E-state index in [1.54, 1.807) is 6.92 Å². The molecule has 0 fully saturated rings. The molecule has 2 aromatic rings. The molecule has 0 saturated heterocycles. The Bertz CT molecular complexity index is 678.